The number of carbonyl (C=O) groups excluding carboxylic acids is 1. The van der Waals surface area contributed by atoms with E-state index in [1.54, 1.807) is 26.0 Å². The summed E-state index contributed by atoms with van der Waals surface area (Å²) in [6, 6.07) is 0.490. The number of hydrogen-bond acceptors (Lipinski definition) is 2. The van der Waals surface area contributed by atoms with Gasteiger partial charge >= 0.3 is 0 Å². The largest absolute Gasteiger partial charge is 0.354 e. The summed E-state index contributed by atoms with van der Waals surface area (Å²) in [5.41, 5.74) is 0. The predicted octanol–water partition coefficient (Wildman–Crippen LogP) is 1.60. The molecule has 5 nitrogen and oxygen atoms in total. The first-order valence-electron chi connectivity index (χ1n) is 7.74. The van der Waals surface area contributed by atoms with E-state index < -0.39 is 0 Å². The van der Waals surface area contributed by atoms with Crippen molar-refractivity contribution in [2.45, 2.75) is 51.5 Å². The van der Waals surface area contributed by atoms with Crippen LogP contribution in [0, 0.1) is 5.92 Å². The third kappa shape index (κ3) is 5.80. The molecule has 116 valence electrons. The molecule has 0 aromatic rings. The lowest BCUT2D eigenvalue weighted by molar-refractivity contribution is -0.127. The molecule has 0 aromatic heterocycles. The Balaban J connectivity index is 2.30. The molecule has 1 fully saturated rings. The Labute approximate surface area is 123 Å². The predicted molar refractivity (Wildman–Crippen MR) is 83.8 cm³/mol. The molecular weight excluding hydrogens is 252 g/mol. The molecule has 0 saturated heterocycles. The number of hydrogen-bond donors (Lipinski definition) is 2. The Morgan fingerprint density at radius 3 is 2.40 bits per heavy atom. The van der Waals surface area contributed by atoms with Crippen LogP contribution in [0.15, 0.2) is 4.99 Å². The second-order valence-electron chi connectivity index (χ2n) is 5.86. The van der Waals surface area contributed by atoms with Gasteiger partial charge in [0.1, 0.15) is 0 Å². The van der Waals surface area contributed by atoms with E-state index in [1.807, 2.05) is 0 Å². The minimum atomic E-state index is 0.0552. The molecule has 1 rings (SSSR count). The maximum Gasteiger partial charge on any atom is 0.241 e. The van der Waals surface area contributed by atoms with Crippen molar-refractivity contribution in [1.29, 1.82) is 0 Å². The molecule has 1 amide bonds. The number of likely N-dealkylation sites (N-methyl/N-ethyl adjacent to an activating group) is 1. The van der Waals surface area contributed by atoms with Gasteiger partial charge in [-0.25, -0.2) is 0 Å². The fourth-order valence-electron chi connectivity index (χ4n) is 2.71. The van der Waals surface area contributed by atoms with Crippen molar-refractivity contribution in [2.24, 2.45) is 10.9 Å². The molecule has 0 aromatic carbocycles. The Bertz CT molecular complexity index is 320. The van der Waals surface area contributed by atoms with Crippen molar-refractivity contribution in [3.63, 3.8) is 0 Å². The minimum Gasteiger partial charge on any atom is -0.354 e. The number of guanidine groups is 1. The van der Waals surface area contributed by atoms with Crippen molar-refractivity contribution in [1.82, 2.24) is 15.5 Å². The normalized spacial score (nSPS) is 23.3. The maximum atomic E-state index is 11.6. The van der Waals surface area contributed by atoms with Crippen LogP contribution in [0.4, 0.5) is 0 Å². The van der Waals surface area contributed by atoms with Crippen LogP contribution in [0.3, 0.4) is 0 Å². The molecule has 20 heavy (non-hydrogen) atoms. The fraction of sp³-hybridized carbons (Fsp3) is 0.867. The summed E-state index contributed by atoms with van der Waals surface area (Å²) < 4.78 is 0. The molecule has 1 aliphatic rings. The van der Waals surface area contributed by atoms with E-state index in [1.165, 1.54) is 38.5 Å². The molecule has 5 heteroatoms. The molecule has 0 radical (unpaired) electrons. The highest BCUT2D eigenvalue weighted by atomic mass is 16.2. The first-order chi connectivity index (χ1) is 9.56. The minimum absolute atomic E-state index is 0.0552. The van der Waals surface area contributed by atoms with E-state index in [4.69, 9.17) is 0 Å². The van der Waals surface area contributed by atoms with Crippen LogP contribution in [-0.2, 0) is 4.79 Å². The van der Waals surface area contributed by atoms with Crippen LogP contribution in [0.5, 0.6) is 0 Å². The van der Waals surface area contributed by atoms with Crippen LogP contribution in [0.1, 0.15) is 45.4 Å². The van der Waals surface area contributed by atoms with Gasteiger partial charge in [-0.05, 0) is 31.6 Å². The fourth-order valence-corrected chi connectivity index (χ4v) is 2.71. The third-order valence-corrected chi connectivity index (χ3v) is 4.01. The van der Waals surface area contributed by atoms with Gasteiger partial charge in [-0.1, -0.05) is 19.8 Å². The van der Waals surface area contributed by atoms with Crippen LogP contribution < -0.4 is 10.6 Å². The average Bonchev–Trinajstić information content (AvgIpc) is 2.45. The van der Waals surface area contributed by atoms with Gasteiger partial charge in [-0.2, -0.15) is 0 Å². The van der Waals surface area contributed by atoms with Crippen molar-refractivity contribution >= 4 is 11.9 Å². The van der Waals surface area contributed by atoms with Gasteiger partial charge in [-0.3, -0.25) is 9.79 Å². The lowest BCUT2D eigenvalue weighted by Crippen LogP contribution is -2.47. The molecule has 0 aliphatic heterocycles. The van der Waals surface area contributed by atoms with Crippen LogP contribution in [0.25, 0.3) is 0 Å². The lowest BCUT2D eigenvalue weighted by atomic mass is 9.83. The topological polar surface area (TPSA) is 56.7 Å². The Hall–Kier alpha value is -1.26. The van der Waals surface area contributed by atoms with Crippen LogP contribution >= 0.6 is 0 Å². The van der Waals surface area contributed by atoms with Crippen molar-refractivity contribution in [3.8, 4) is 0 Å². The quantitative estimate of drug-likeness (QED) is 0.595. The average molecular weight is 282 g/mol. The molecule has 1 aliphatic carbocycles. The van der Waals surface area contributed by atoms with E-state index in [9.17, 15) is 4.79 Å². The molecule has 0 spiro atoms. The standard InChI is InChI=1S/C15H30N4O/c1-5-6-12-7-9-13(10-8-12)18-15(16-2)17-11-14(20)19(3)4/h12-13H,5-11H2,1-4H3,(H2,16,17,18). The maximum absolute atomic E-state index is 11.6. The van der Waals surface area contributed by atoms with Gasteiger partial charge in [-0.15, -0.1) is 0 Å². The van der Waals surface area contributed by atoms with E-state index in [0.717, 1.165) is 11.9 Å². The van der Waals surface area contributed by atoms with Gasteiger partial charge in [0.05, 0.1) is 6.54 Å². The highest BCUT2D eigenvalue weighted by molar-refractivity contribution is 5.86. The van der Waals surface area contributed by atoms with E-state index in [0.29, 0.717) is 6.04 Å². The smallest absolute Gasteiger partial charge is 0.241 e. The Morgan fingerprint density at radius 1 is 1.25 bits per heavy atom. The number of nitrogens with zero attached hydrogens (tertiary/aromatic N) is 2. The summed E-state index contributed by atoms with van der Waals surface area (Å²) in [6.45, 7) is 2.55. The van der Waals surface area contributed by atoms with Gasteiger partial charge in [0.15, 0.2) is 5.96 Å². The first kappa shape index (κ1) is 16.8. The lowest BCUT2D eigenvalue weighted by Gasteiger charge is -2.30. The highest BCUT2D eigenvalue weighted by Crippen LogP contribution is 2.27. The monoisotopic (exact) mass is 282 g/mol. The molecule has 2 N–H and O–H groups in total. The number of aliphatic imine (C=N–C) groups is 1. The second kappa shape index (κ2) is 8.82. The summed E-state index contributed by atoms with van der Waals surface area (Å²) >= 11 is 0. The second-order valence-corrected chi connectivity index (χ2v) is 5.86. The van der Waals surface area contributed by atoms with E-state index in [-0.39, 0.29) is 12.5 Å². The Morgan fingerprint density at radius 2 is 1.90 bits per heavy atom. The number of amides is 1. The molecule has 0 unspecified atom stereocenters. The molecule has 0 bridgehead atoms. The third-order valence-electron chi connectivity index (χ3n) is 4.01. The van der Waals surface area contributed by atoms with Crippen molar-refractivity contribution < 1.29 is 4.79 Å². The summed E-state index contributed by atoms with van der Waals surface area (Å²) in [5.74, 6) is 1.70. The number of carbonyl (C=O) groups is 1. The molecule has 1 saturated carbocycles. The van der Waals surface area contributed by atoms with Crippen LogP contribution in [0.2, 0.25) is 0 Å². The zero-order valence-electron chi connectivity index (χ0n) is 13.4. The van der Waals surface area contributed by atoms with Gasteiger partial charge in [0, 0.05) is 27.2 Å². The van der Waals surface area contributed by atoms with E-state index >= 15 is 0 Å². The number of nitrogens with one attached hydrogen (secondary N) is 2. The van der Waals surface area contributed by atoms with Crippen LogP contribution in [-0.4, -0.2) is 50.5 Å². The van der Waals surface area contributed by atoms with Gasteiger partial charge in [0.25, 0.3) is 0 Å². The van der Waals surface area contributed by atoms with Gasteiger partial charge in [0.2, 0.25) is 5.91 Å². The first-order valence-corrected chi connectivity index (χ1v) is 7.74. The summed E-state index contributed by atoms with van der Waals surface area (Å²) in [5, 5.41) is 6.51. The molecule has 0 atom stereocenters. The van der Waals surface area contributed by atoms with Gasteiger partial charge < -0.3 is 15.5 Å². The zero-order valence-corrected chi connectivity index (χ0v) is 13.4. The summed E-state index contributed by atoms with van der Waals surface area (Å²) in [7, 11) is 5.27. The highest BCUT2D eigenvalue weighted by Gasteiger charge is 2.21. The SMILES string of the molecule is CCCC1CCC(NC(=NC)NCC(=O)N(C)C)CC1. The molecule has 0 heterocycles. The van der Waals surface area contributed by atoms with E-state index in [2.05, 4.69) is 22.5 Å². The Kier molecular flexibility index (Phi) is 7.41. The molecular formula is C15H30N4O. The zero-order chi connectivity index (χ0) is 15.0. The summed E-state index contributed by atoms with van der Waals surface area (Å²) in [4.78, 5) is 17.3. The van der Waals surface area contributed by atoms with Crippen molar-refractivity contribution in [2.75, 3.05) is 27.7 Å². The number of rotatable bonds is 5. The van der Waals surface area contributed by atoms with Crippen molar-refractivity contribution in [3.05, 3.63) is 0 Å². The summed E-state index contributed by atoms with van der Waals surface area (Å²) in [6.07, 6.45) is 7.66.